The first-order valence-electron chi connectivity index (χ1n) is 5.85. The lowest BCUT2D eigenvalue weighted by molar-refractivity contribution is -0.132. The number of amides is 1. The van der Waals surface area contributed by atoms with Gasteiger partial charge in [0.1, 0.15) is 5.75 Å². The number of likely N-dealkylation sites (N-methyl/N-ethyl adjacent to an activating group) is 1. The number of nitrogen functional groups attached to an aromatic ring is 1. The molecule has 0 unspecified atom stereocenters. The van der Waals surface area contributed by atoms with E-state index in [1.807, 2.05) is 26.8 Å². The van der Waals surface area contributed by atoms with E-state index < -0.39 is 0 Å². The number of rotatable bonds is 5. The standard InChI is InChI=1S/C13H20N2O2/c1-4-15(5-2)13(16)9-17-12-7-6-11(14)8-10(12)3/h6-8H,4-5,9,14H2,1-3H3. The number of hydrogen-bond acceptors (Lipinski definition) is 3. The molecule has 1 aromatic carbocycles. The highest BCUT2D eigenvalue weighted by molar-refractivity contribution is 5.77. The van der Waals surface area contributed by atoms with Crippen molar-refractivity contribution in [3.63, 3.8) is 0 Å². The van der Waals surface area contributed by atoms with Crippen LogP contribution in [-0.2, 0) is 4.79 Å². The predicted molar refractivity (Wildman–Crippen MR) is 69.0 cm³/mol. The maximum Gasteiger partial charge on any atom is 0.260 e. The number of ether oxygens (including phenoxy) is 1. The first kappa shape index (κ1) is 13.4. The zero-order valence-electron chi connectivity index (χ0n) is 10.7. The summed E-state index contributed by atoms with van der Waals surface area (Å²) in [5, 5.41) is 0. The summed E-state index contributed by atoms with van der Waals surface area (Å²) in [5.74, 6) is 0.714. The minimum Gasteiger partial charge on any atom is -0.483 e. The van der Waals surface area contributed by atoms with Crippen LogP contribution in [0.4, 0.5) is 5.69 Å². The van der Waals surface area contributed by atoms with Crippen molar-refractivity contribution in [2.45, 2.75) is 20.8 Å². The molecule has 0 aliphatic carbocycles. The van der Waals surface area contributed by atoms with E-state index in [1.165, 1.54) is 0 Å². The van der Waals surface area contributed by atoms with E-state index in [0.29, 0.717) is 24.5 Å². The fourth-order valence-electron chi connectivity index (χ4n) is 1.64. The monoisotopic (exact) mass is 236 g/mol. The van der Waals surface area contributed by atoms with Crippen LogP contribution < -0.4 is 10.5 Å². The molecule has 0 aliphatic heterocycles. The topological polar surface area (TPSA) is 55.6 Å². The number of carbonyl (C=O) groups is 1. The van der Waals surface area contributed by atoms with Crippen molar-refractivity contribution in [2.75, 3.05) is 25.4 Å². The molecule has 2 N–H and O–H groups in total. The summed E-state index contributed by atoms with van der Waals surface area (Å²) in [5.41, 5.74) is 7.29. The number of anilines is 1. The van der Waals surface area contributed by atoms with Crippen molar-refractivity contribution >= 4 is 11.6 Å². The highest BCUT2D eigenvalue weighted by atomic mass is 16.5. The largest absolute Gasteiger partial charge is 0.483 e. The third-order valence-electron chi connectivity index (χ3n) is 2.67. The molecular weight excluding hydrogens is 216 g/mol. The molecule has 1 rings (SSSR count). The van der Waals surface area contributed by atoms with Crippen molar-refractivity contribution < 1.29 is 9.53 Å². The molecule has 0 aromatic heterocycles. The smallest absolute Gasteiger partial charge is 0.260 e. The molecule has 0 spiro atoms. The van der Waals surface area contributed by atoms with Crippen molar-refractivity contribution in [3.8, 4) is 5.75 Å². The second kappa shape index (κ2) is 6.13. The molecule has 17 heavy (non-hydrogen) atoms. The van der Waals surface area contributed by atoms with Crippen LogP contribution in [0.15, 0.2) is 18.2 Å². The average Bonchev–Trinajstić information content (AvgIpc) is 2.29. The van der Waals surface area contributed by atoms with Crippen molar-refractivity contribution in [3.05, 3.63) is 23.8 Å². The molecule has 0 heterocycles. The van der Waals surface area contributed by atoms with Gasteiger partial charge in [0.05, 0.1) is 0 Å². The Hall–Kier alpha value is -1.71. The van der Waals surface area contributed by atoms with E-state index in [4.69, 9.17) is 10.5 Å². The highest BCUT2D eigenvalue weighted by Crippen LogP contribution is 2.20. The van der Waals surface area contributed by atoms with Gasteiger partial charge in [0, 0.05) is 18.8 Å². The fourth-order valence-corrected chi connectivity index (χ4v) is 1.64. The van der Waals surface area contributed by atoms with Gasteiger partial charge in [0.15, 0.2) is 6.61 Å². The Kier molecular flexibility index (Phi) is 4.82. The molecule has 0 fully saturated rings. The molecule has 0 saturated carbocycles. The highest BCUT2D eigenvalue weighted by Gasteiger charge is 2.10. The van der Waals surface area contributed by atoms with Gasteiger partial charge >= 0.3 is 0 Å². The second-order valence-electron chi connectivity index (χ2n) is 3.88. The zero-order chi connectivity index (χ0) is 12.8. The first-order chi connectivity index (χ1) is 8.08. The van der Waals surface area contributed by atoms with Crippen LogP contribution in [0.2, 0.25) is 0 Å². The Morgan fingerprint density at radius 3 is 2.53 bits per heavy atom. The maximum atomic E-state index is 11.7. The minimum absolute atomic E-state index is 0.00576. The van der Waals surface area contributed by atoms with Crippen LogP contribution in [0.25, 0.3) is 0 Å². The second-order valence-corrected chi connectivity index (χ2v) is 3.88. The van der Waals surface area contributed by atoms with Gasteiger partial charge in [-0.3, -0.25) is 4.79 Å². The number of benzene rings is 1. The van der Waals surface area contributed by atoms with E-state index in [1.54, 1.807) is 17.0 Å². The van der Waals surface area contributed by atoms with Gasteiger partial charge < -0.3 is 15.4 Å². The molecule has 94 valence electrons. The maximum absolute atomic E-state index is 11.7. The van der Waals surface area contributed by atoms with Gasteiger partial charge in [-0.05, 0) is 44.5 Å². The van der Waals surface area contributed by atoms with Crippen LogP contribution >= 0.6 is 0 Å². The Morgan fingerprint density at radius 1 is 1.35 bits per heavy atom. The first-order valence-corrected chi connectivity index (χ1v) is 5.85. The average molecular weight is 236 g/mol. The zero-order valence-corrected chi connectivity index (χ0v) is 10.7. The Labute approximate surface area is 102 Å². The Bertz CT molecular complexity index is 387. The van der Waals surface area contributed by atoms with E-state index >= 15 is 0 Å². The molecule has 1 amide bonds. The van der Waals surface area contributed by atoms with Crippen LogP contribution in [0, 0.1) is 6.92 Å². The lowest BCUT2D eigenvalue weighted by atomic mass is 10.2. The van der Waals surface area contributed by atoms with Crippen molar-refractivity contribution in [2.24, 2.45) is 0 Å². The molecular formula is C13H20N2O2. The summed E-state index contributed by atoms with van der Waals surface area (Å²) in [6, 6.07) is 5.39. The third kappa shape index (κ3) is 3.66. The third-order valence-corrected chi connectivity index (χ3v) is 2.67. The number of hydrogen-bond donors (Lipinski definition) is 1. The van der Waals surface area contributed by atoms with Crippen LogP contribution in [0.5, 0.6) is 5.75 Å². The molecule has 0 saturated heterocycles. The molecule has 0 aliphatic rings. The molecule has 0 bridgehead atoms. The molecule has 0 radical (unpaired) electrons. The van der Waals surface area contributed by atoms with Crippen molar-refractivity contribution in [1.82, 2.24) is 4.90 Å². The predicted octanol–water partition coefficient (Wildman–Crippen LogP) is 1.82. The van der Waals surface area contributed by atoms with Gasteiger partial charge in [-0.1, -0.05) is 0 Å². The molecule has 0 atom stereocenters. The van der Waals surface area contributed by atoms with Gasteiger partial charge in [0.25, 0.3) is 5.91 Å². The van der Waals surface area contributed by atoms with Gasteiger partial charge in [0.2, 0.25) is 0 Å². The van der Waals surface area contributed by atoms with Crippen LogP contribution in [-0.4, -0.2) is 30.5 Å². The number of nitrogens with zero attached hydrogens (tertiary/aromatic N) is 1. The number of nitrogens with two attached hydrogens (primary N) is 1. The number of carbonyl (C=O) groups excluding carboxylic acids is 1. The normalized spacial score (nSPS) is 10.1. The summed E-state index contributed by atoms with van der Waals surface area (Å²) in [6.45, 7) is 7.31. The summed E-state index contributed by atoms with van der Waals surface area (Å²) in [4.78, 5) is 13.5. The molecule has 1 aromatic rings. The van der Waals surface area contributed by atoms with Crippen molar-refractivity contribution in [1.29, 1.82) is 0 Å². The quantitative estimate of drug-likeness (QED) is 0.793. The molecule has 4 nitrogen and oxygen atoms in total. The Balaban J connectivity index is 2.58. The van der Waals surface area contributed by atoms with Crippen LogP contribution in [0.3, 0.4) is 0 Å². The minimum atomic E-state index is 0.00576. The molecule has 4 heteroatoms. The summed E-state index contributed by atoms with van der Waals surface area (Å²) >= 11 is 0. The van der Waals surface area contributed by atoms with Gasteiger partial charge in [-0.15, -0.1) is 0 Å². The summed E-state index contributed by atoms with van der Waals surface area (Å²) in [7, 11) is 0. The van der Waals surface area contributed by atoms with E-state index in [-0.39, 0.29) is 12.5 Å². The summed E-state index contributed by atoms with van der Waals surface area (Å²) < 4.78 is 5.49. The summed E-state index contributed by atoms with van der Waals surface area (Å²) in [6.07, 6.45) is 0. The van der Waals surface area contributed by atoms with E-state index in [9.17, 15) is 4.79 Å². The SMILES string of the molecule is CCN(CC)C(=O)COc1ccc(N)cc1C. The number of aryl methyl sites for hydroxylation is 1. The van der Waals surface area contributed by atoms with E-state index in [2.05, 4.69) is 0 Å². The Morgan fingerprint density at radius 2 is 2.00 bits per heavy atom. The van der Waals surface area contributed by atoms with Gasteiger partial charge in [-0.2, -0.15) is 0 Å². The lowest BCUT2D eigenvalue weighted by Crippen LogP contribution is -2.34. The van der Waals surface area contributed by atoms with Crippen LogP contribution in [0.1, 0.15) is 19.4 Å². The van der Waals surface area contributed by atoms with Gasteiger partial charge in [-0.25, -0.2) is 0 Å². The fraction of sp³-hybridized carbons (Fsp3) is 0.462. The lowest BCUT2D eigenvalue weighted by Gasteiger charge is -2.19. The van der Waals surface area contributed by atoms with E-state index in [0.717, 1.165) is 5.56 Å².